The molecular formula is C23H21FN2O4. The zero-order valence-corrected chi connectivity index (χ0v) is 16.3. The number of hydrogen-bond donors (Lipinski definition) is 0. The van der Waals surface area contributed by atoms with Crippen LogP contribution in [0.25, 0.3) is 0 Å². The van der Waals surface area contributed by atoms with Crippen molar-refractivity contribution in [2.75, 3.05) is 24.5 Å². The highest BCUT2D eigenvalue weighted by Crippen LogP contribution is 2.39. The van der Waals surface area contributed by atoms with E-state index in [9.17, 15) is 18.8 Å². The number of benzene rings is 2. The van der Waals surface area contributed by atoms with Gasteiger partial charge in [0.2, 0.25) is 11.8 Å². The van der Waals surface area contributed by atoms with Crippen molar-refractivity contribution in [3.05, 3.63) is 59.9 Å². The summed E-state index contributed by atoms with van der Waals surface area (Å²) in [7, 11) is 0. The second-order valence-electron chi connectivity index (χ2n) is 8.27. The van der Waals surface area contributed by atoms with Gasteiger partial charge >= 0.3 is 0 Å². The van der Waals surface area contributed by atoms with Crippen LogP contribution in [-0.4, -0.2) is 47.7 Å². The number of halogens is 1. The molecule has 30 heavy (non-hydrogen) atoms. The maximum atomic E-state index is 13.2. The van der Waals surface area contributed by atoms with E-state index in [1.165, 1.54) is 17.0 Å². The van der Waals surface area contributed by atoms with E-state index in [1.807, 2.05) is 12.1 Å². The van der Waals surface area contributed by atoms with Crippen LogP contribution in [0.1, 0.15) is 29.6 Å². The molecule has 5 rings (SSSR count). The average Bonchev–Trinajstić information content (AvgIpc) is 3.32. The molecule has 0 aromatic heterocycles. The van der Waals surface area contributed by atoms with Crippen LogP contribution in [0.15, 0.2) is 48.5 Å². The van der Waals surface area contributed by atoms with Crippen molar-refractivity contribution < 1.29 is 23.5 Å². The molecule has 2 atom stereocenters. The molecule has 0 saturated carbocycles. The highest BCUT2D eigenvalue weighted by atomic mass is 19.1. The number of fused-ring (bicyclic) bond motifs is 1. The number of ether oxygens (including phenoxy) is 1. The molecule has 2 unspecified atom stereocenters. The van der Waals surface area contributed by atoms with Gasteiger partial charge in [0.05, 0.1) is 24.4 Å². The Morgan fingerprint density at radius 3 is 2.67 bits per heavy atom. The third-order valence-electron chi connectivity index (χ3n) is 6.24. The molecule has 2 fully saturated rings. The number of para-hydroxylation sites is 1. The average molecular weight is 408 g/mol. The molecule has 0 bridgehead atoms. The molecular weight excluding hydrogens is 387 g/mol. The van der Waals surface area contributed by atoms with Crippen molar-refractivity contribution in [3.63, 3.8) is 0 Å². The number of ketones is 1. The van der Waals surface area contributed by atoms with Crippen LogP contribution in [0.4, 0.5) is 10.1 Å². The van der Waals surface area contributed by atoms with Crippen LogP contribution < -0.4 is 9.64 Å². The minimum absolute atomic E-state index is 0.0321. The first kappa shape index (κ1) is 18.8. The van der Waals surface area contributed by atoms with E-state index < -0.39 is 11.5 Å². The van der Waals surface area contributed by atoms with Crippen LogP contribution in [-0.2, 0) is 9.59 Å². The van der Waals surface area contributed by atoms with E-state index in [0.29, 0.717) is 36.5 Å². The summed E-state index contributed by atoms with van der Waals surface area (Å²) in [6.45, 7) is 1.11. The van der Waals surface area contributed by atoms with Gasteiger partial charge in [-0.3, -0.25) is 14.4 Å². The first-order valence-corrected chi connectivity index (χ1v) is 10.1. The maximum absolute atomic E-state index is 13.2. The maximum Gasteiger partial charge on any atom is 0.228 e. The van der Waals surface area contributed by atoms with Crippen molar-refractivity contribution in [2.45, 2.75) is 24.9 Å². The lowest BCUT2D eigenvalue weighted by atomic mass is 9.89. The Balaban J connectivity index is 1.29. The monoisotopic (exact) mass is 408 g/mol. The summed E-state index contributed by atoms with van der Waals surface area (Å²) < 4.78 is 19.4. The molecule has 3 aliphatic heterocycles. The molecule has 7 heteroatoms. The second kappa shape index (κ2) is 6.93. The Labute approximate surface area is 173 Å². The third-order valence-corrected chi connectivity index (χ3v) is 6.24. The van der Waals surface area contributed by atoms with Crippen LogP contribution in [0.3, 0.4) is 0 Å². The molecule has 3 heterocycles. The van der Waals surface area contributed by atoms with Gasteiger partial charge in [-0.2, -0.15) is 0 Å². The van der Waals surface area contributed by atoms with Gasteiger partial charge in [0, 0.05) is 31.6 Å². The molecule has 1 spiro atoms. The van der Waals surface area contributed by atoms with Gasteiger partial charge in [-0.05, 0) is 36.4 Å². The van der Waals surface area contributed by atoms with Gasteiger partial charge < -0.3 is 14.5 Å². The number of carbonyl (C=O) groups is 3. The van der Waals surface area contributed by atoms with Crippen molar-refractivity contribution in [1.29, 1.82) is 0 Å². The second-order valence-corrected chi connectivity index (χ2v) is 8.27. The van der Waals surface area contributed by atoms with Gasteiger partial charge in [0.25, 0.3) is 0 Å². The number of rotatable bonds is 2. The number of Topliss-reactive ketones (excluding diaryl/α,β-unsaturated/α-hetero) is 1. The van der Waals surface area contributed by atoms with Crippen LogP contribution in [0.5, 0.6) is 5.75 Å². The lowest BCUT2D eigenvalue weighted by Gasteiger charge is -2.34. The molecule has 0 aliphatic carbocycles. The SMILES string of the molecule is O=C1CC2(CCN(C(=O)C3CC(=O)N(c4ccc(F)cc4)C3)C2)Oc2ccccc21. The Bertz CT molecular complexity index is 1040. The van der Waals surface area contributed by atoms with Crippen molar-refractivity contribution in [3.8, 4) is 5.75 Å². The summed E-state index contributed by atoms with van der Waals surface area (Å²) in [6, 6.07) is 12.9. The Morgan fingerprint density at radius 2 is 1.87 bits per heavy atom. The van der Waals surface area contributed by atoms with Crippen LogP contribution in [0.2, 0.25) is 0 Å². The summed E-state index contributed by atoms with van der Waals surface area (Å²) >= 11 is 0. The molecule has 2 aromatic carbocycles. The van der Waals surface area contributed by atoms with Crippen LogP contribution >= 0.6 is 0 Å². The fraction of sp³-hybridized carbons (Fsp3) is 0.348. The highest BCUT2D eigenvalue weighted by Gasteiger charge is 2.48. The predicted molar refractivity (Wildman–Crippen MR) is 107 cm³/mol. The molecule has 2 saturated heterocycles. The lowest BCUT2D eigenvalue weighted by Crippen LogP contribution is -2.46. The zero-order valence-electron chi connectivity index (χ0n) is 16.3. The molecule has 0 radical (unpaired) electrons. The molecule has 6 nitrogen and oxygen atoms in total. The minimum atomic E-state index is -0.694. The van der Waals surface area contributed by atoms with Crippen molar-refractivity contribution in [2.24, 2.45) is 5.92 Å². The zero-order chi connectivity index (χ0) is 20.9. The number of carbonyl (C=O) groups excluding carboxylic acids is 3. The summed E-state index contributed by atoms with van der Waals surface area (Å²) in [5.74, 6) is -0.467. The fourth-order valence-corrected chi connectivity index (χ4v) is 4.71. The van der Waals surface area contributed by atoms with Gasteiger partial charge in [-0.15, -0.1) is 0 Å². The van der Waals surface area contributed by atoms with Gasteiger partial charge in [0.15, 0.2) is 5.78 Å². The van der Waals surface area contributed by atoms with E-state index in [4.69, 9.17) is 4.74 Å². The van der Waals surface area contributed by atoms with E-state index >= 15 is 0 Å². The van der Waals surface area contributed by atoms with E-state index in [0.717, 1.165) is 0 Å². The summed E-state index contributed by atoms with van der Waals surface area (Å²) in [5, 5.41) is 0. The van der Waals surface area contributed by atoms with E-state index in [1.54, 1.807) is 29.2 Å². The molecule has 2 aromatic rings. The number of anilines is 1. The predicted octanol–water partition coefficient (Wildman–Crippen LogP) is 2.82. The van der Waals surface area contributed by atoms with Crippen molar-refractivity contribution in [1.82, 2.24) is 4.90 Å². The fourth-order valence-electron chi connectivity index (χ4n) is 4.71. The van der Waals surface area contributed by atoms with E-state index in [2.05, 4.69) is 0 Å². The van der Waals surface area contributed by atoms with E-state index in [-0.39, 0.29) is 42.8 Å². The third kappa shape index (κ3) is 3.14. The smallest absolute Gasteiger partial charge is 0.228 e. The highest BCUT2D eigenvalue weighted by molar-refractivity contribution is 6.01. The summed E-state index contributed by atoms with van der Waals surface area (Å²) in [6.07, 6.45) is 0.961. The van der Waals surface area contributed by atoms with Gasteiger partial charge in [0.1, 0.15) is 17.2 Å². The Kier molecular flexibility index (Phi) is 4.34. The summed E-state index contributed by atoms with van der Waals surface area (Å²) in [5.41, 5.74) is 0.483. The minimum Gasteiger partial charge on any atom is -0.484 e. The number of hydrogen-bond acceptors (Lipinski definition) is 4. The number of likely N-dealkylation sites (tertiary alicyclic amines) is 1. The molecule has 0 N–H and O–H groups in total. The summed E-state index contributed by atoms with van der Waals surface area (Å²) in [4.78, 5) is 41.4. The molecule has 3 aliphatic rings. The molecule has 154 valence electrons. The lowest BCUT2D eigenvalue weighted by molar-refractivity contribution is -0.135. The normalized spacial score (nSPS) is 25.6. The first-order chi connectivity index (χ1) is 14.4. The molecule has 2 amide bonds. The Hall–Kier alpha value is -3.22. The first-order valence-electron chi connectivity index (χ1n) is 10.1. The van der Waals surface area contributed by atoms with Crippen LogP contribution in [0, 0.1) is 11.7 Å². The topological polar surface area (TPSA) is 66.9 Å². The number of amides is 2. The van der Waals surface area contributed by atoms with Crippen molar-refractivity contribution >= 4 is 23.3 Å². The standard InChI is InChI=1S/C23H21FN2O4/c24-16-5-7-17(8-6-16)26-13-15(11-21(26)28)22(29)25-10-9-23(14-25)12-19(27)18-3-1-2-4-20(18)30-23/h1-8,15H,9-14H2. The van der Waals surface area contributed by atoms with Gasteiger partial charge in [-0.1, -0.05) is 12.1 Å². The largest absolute Gasteiger partial charge is 0.484 e. The Morgan fingerprint density at radius 1 is 1.10 bits per heavy atom. The van der Waals surface area contributed by atoms with Gasteiger partial charge in [-0.25, -0.2) is 4.39 Å². The quantitative estimate of drug-likeness (QED) is 0.767. The number of nitrogens with zero attached hydrogens (tertiary/aromatic N) is 2.